The van der Waals surface area contributed by atoms with E-state index in [-0.39, 0.29) is 23.7 Å². The standard InChI is InChI=1S/C34H42ClFN8O/c35-27-16-20(3-1-5-28(38)21-7-8-21)15-26(32(27)36)30-17-23-19-44(34(45)43-33(23)42-30)25-11-9-22(10-12-25)29-6-2-4-24(41-29)13-14-40-31(39)18-37/h9-12,15-17,19,21,24,28-29,41H,1-8,13-14,18,37-38H2,(H2,39,40)(H,42,43,45)/t24-,28+,29-/m0/s1. The molecule has 0 unspecified atom stereocenters. The number of hydrogen-bond donors (Lipinski definition) is 5. The SMILES string of the molecule is NCC(N)=NCC[C@@H]1CCC[C@@H](c2ccc(-n3cc4cc(-c5cc(CCC[C@@H](N)C6CC6)cc(Cl)c5F)[nH]c4nc3=O)cc2)N1. The zero-order valence-electron chi connectivity index (χ0n) is 25.4. The lowest BCUT2D eigenvalue weighted by atomic mass is 9.92. The van der Waals surface area contributed by atoms with E-state index < -0.39 is 11.5 Å². The lowest BCUT2D eigenvalue weighted by Crippen LogP contribution is -2.37. The monoisotopic (exact) mass is 632 g/mol. The normalized spacial score (nSPS) is 19.7. The molecule has 2 aromatic heterocycles. The van der Waals surface area contributed by atoms with Gasteiger partial charge in [0.2, 0.25) is 0 Å². The topological polar surface area (TPSA) is 153 Å². The molecule has 2 fully saturated rings. The number of aromatic amines is 1. The molecule has 2 aliphatic rings. The van der Waals surface area contributed by atoms with Crippen LogP contribution in [0.5, 0.6) is 0 Å². The minimum absolute atomic E-state index is 0.0730. The van der Waals surface area contributed by atoms with Crippen LogP contribution in [0.1, 0.15) is 68.5 Å². The highest BCUT2D eigenvalue weighted by molar-refractivity contribution is 6.31. The van der Waals surface area contributed by atoms with Gasteiger partial charge in [0.15, 0.2) is 5.82 Å². The Morgan fingerprint density at radius 3 is 2.71 bits per heavy atom. The first kappa shape index (κ1) is 31.4. The summed E-state index contributed by atoms with van der Waals surface area (Å²) in [6, 6.07) is 14.1. The van der Waals surface area contributed by atoms with Gasteiger partial charge in [-0.25, -0.2) is 9.18 Å². The number of hydrogen-bond acceptors (Lipinski definition) is 6. The van der Waals surface area contributed by atoms with Gasteiger partial charge in [-0.15, -0.1) is 0 Å². The summed E-state index contributed by atoms with van der Waals surface area (Å²) in [4.78, 5) is 24.8. The molecule has 3 heterocycles. The molecule has 0 amide bonds. The van der Waals surface area contributed by atoms with Gasteiger partial charge in [0, 0.05) is 41.8 Å². The number of nitrogens with two attached hydrogens (primary N) is 3. The number of nitrogens with zero attached hydrogens (tertiary/aromatic N) is 3. The summed E-state index contributed by atoms with van der Waals surface area (Å²) in [7, 11) is 0. The Morgan fingerprint density at radius 1 is 1.16 bits per heavy atom. The predicted octanol–water partition coefficient (Wildman–Crippen LogP) is 5.12. The van der Waals surface area contributed by atoms with Crippen molar-refractivity contribution in [2.45, 2.75) is 75.9 Å². The van der Waals surface area contributed by atoms with Crippen LogP contribution >= 0.6 is 11.6 Å². The second-order valence-electron chi connectivity index (χ2n) is 12.5. The van der Waals surface area contributed by atoms with Crippen LogP contribution < -0.4 is 28.2 Å². The van der Waals surface area contributed by atoms with E-state index in [0.29, 0.717) is 52.3 Å². The number of fused-ring (bicyclic) bond motifs is 1. The van der Waals surface area contributed by atoms with Gasteiger partial charge in [0.1, 0.15) is 11.5 Å². The summed E-state index contributed by atoms with van der Waals surface area (Å²) in [6.45, 7) is 0.938. The summed E-state index contributed by atoms with van der Waals surface area (Å²) in [5.41, 5.74) is 21.2. The number of nitrogens with one attached hydrogen (secondary N) is 2. The van der Waals surface area contributed by atoms with Crippen molar-refractivity contribution in [3.8, 4) is 16.9 Å². The maximum Gasteiger partial charge on any atom is 0.354 e. The van der Waals surface area contributed by atoms with E-state index in [2.05, 4.69) is 32.4 Å². The van der Waals surface area contributed by atoms with E-state index in [0.717, 1.165) is 50.5 Å². The largest absolute Gasteiger partial charge is 0.386 e. The molecule has 11 heteroatoms. The molecule has 9 nitrogen and oxygen atoms in total. The number of halogens is 2. The molecule has 4 aromatic rings. The fourth-order valence-corrected chi connectivity index (χ4v) is 6.66. The first-order valence-corrected chi connectivity index (χ1v) is 16.4. The molecule has 1 aliphatic carbocycles. The van der Waals surface area contributed by atoms with E-state index >= 15 is 4.39 Å². The quantitative estimate of drug-likeness (QED) is 0.108. The van der Waals surface area contributed by atoms with Gasteiger partial charge in [-0.2, -0.15) is 4.98 Å². The minimum atomic E-state index is -0.501. The van der Waals surface area contributed by atoms with Gasteiger partial charge in [0.05, 0.1) is 22.9 Å². The Labute approximate surface area is 267 Å². The Kier molecular flexibility index (Phi) is 9.65. The highest BCUT2D eigenvalue weighted by Crippen LogP contribution is 2.34. The van der Waals surface area contributed by atoms with Crippen LogP contribution in [0.25, 0.3) is 28.0 Å². The summed E-state index contributed by atoms with van der Waals surface area (Å²) in [5, 5.41) is 4.51. The molecule has 3 atom stereocenters. The second-order valence-corrected chi connectivity index (χ2v) is 12.9. The highest BCUT2D eigenvalue weighted by Gasteiger charge is 2.28. The molecule has 1 saturated carbocycles. The lowest BCUT2D eigenvalue weighted by molar-refractivity contribution is 0.315. The minimum Gasteiger partial charge on any atom is -0.386 e. The average molecular weight is 633 g/mol. The molecule has 0 radical (unpaired) electrons. The van der Waals surface area contributed by atoms with Crippen molar-refractivity contribution in [1.82, 2.24) is 19.9 Å². The Morgan fingerprint density at radius 2 is 1.96 bits per heavy atom. The van der Waals surface area contributed by atoms with Crippen LogP contribution in [0.15, 0.2) is 58.4 Å². The molecule has 0 bridgehead atoms. The summed E-state index contributed by atoms with van der Waals surface area (Å²) >= 11 is 6.31. The van der Waals surface area contributed by atoms with Crippen molar-refractivity contribution in [1.29, 1.82) is 0 Å². The average Bonchev–Trinajstić information content (AvgIpc) is 3.82. The van der Waals surface area contributed by atoms with Crippen molar-refractivity contribution in [3.05, 3.63) is 81.1 Å². The molecular weight excluding hydrogens is 591 g/mol. The highest BCUT2D eigenvalue weighted by atomic mass is 35.5. The van der Waals surface area contributed by atoms with E-state index in [1.54, 1.807) is 12.3 Å². The van der Waals surface area contributed by atoms with Crippen molar-refractivity contribution < 1.29 is 4.39 Å². The summed E-state index contributed by atoms with van der Waals surface area (Å²) in [5.74, 6) is 0.639. The first-order chi connectivity index (χ1) is 21.8. The molecule has 1 aliphatic heterocycles. The van der Waals surface area contributed by atoms with Crippen molar-refractivity contribution in [2.24, 2.45) is 28.1 Å². The second kappa shape index (κ2) is 13.8. The zero-order chi connectivity index (χ0) is 31.5. The lowest BCUT2D eigenvalue weighted by Gasteiger charge is -2.31. The van der Waals surface area contributed by atoms with E-state index in [9.17, 15) is 4.79 Å². The number of piperidine rings is 1. The molecule has 2 aromatic carbocycles. The third-order valence-electron chi connectivity index (χ3n) is 9.17. The number of rotatable bonds is 12. The van der Waals surface area contributed by atoms with Gasteiger partial charge in [-0.1, -0.05) is 30.2 Å². The number of H-pyrrole nitrogens is 1. The van der Waals surface area contributed by atoms with Crippen LogP contribution in [0.3, 0.4) is 0 Å². The third kappa shape index (κ3) is 7.47. The van der Waals surface area contributed by atoms with Gasteiger partial charge in [0.25, 0.3) is 0 Å². The first-order valence-electron chi connectivity index (χ1n) is 16.0. The van der Waals surface area contributed by atoms with Gasteiger partial charge in [-0.3, -0.25) is 9.56 Å². The number of aryl methyl sites for hydroxylation is 1. The molecule has 0 spiro atoms. The molecule has 45 heavy (non-hydrogen) atoms. The number of aromatic nitrogens is 3. The van der Waals surface area contributed by atoms with Crippen molar-refractivity contribution in [2.75, 3.05) is 13.1 Å². The van der Waals surface area contributed by atoms with Gasteiger partial charge in [-0.05, 0) is 98.7 Å². The number of aliphatic imine (C=N–C) groups is 1. The van der Waals surface area contributed by atoms with E-state index in [1.807, 2.05) is 24.3 Å². The summed E-state index contributed by atoms with van der Waals surface area (Å²) < 4.78 is 16.7. The fraction of sp³-hybridized carbons (Fsp3) is 0.441. The van der Waals surface area contributed by atoms with Crippen LogP contribution in [-0.4, -0.2) is 45.5 Å². The molecule has 6 rings (SSSR count). The van der Waals surface area contributed by atoms with Crippen LogP contribution in [0.2, 0.25) is 5.02 Å². The maximum absolute atomic E-state index is 15.2. The van der Waals surface area contributed by atoms with Gasteiger partial charge < -0.3 is 27.5 Å². The zero-order valence-corrected chi connectivity index (χ0v) is 26.2. The Hall–Kier alpha value is -3.57. The van der Waals surface area contributed by atoms with Crippen LogP contribution in [0.4, 0.5) is 4.39 Å². The third-order valence-corrected chi connectivity index (χ3v) is 9.45. The molecule has 1 saturated heterocycles. The van der Waals surface area contributed by atoms with Crippen LogP contribution in [-0.2, 0) is 6.42 Å². The Balaban J connectivity index is 1.17. The smallest absolute Gasteiger partial charge is 0.354 e. The maximum atomic E-state index is 15.2. The van der Waals surface area contributed by atoms with E-state index in [4.69, 9.17) is 28.8 Å². The van der Waals surface area contributed by atoms with Crippen molar-refractivity contribution in [3.63, 3.8) is 0 Å². The molecule has 238 valence electrons. The van der Waals surface area contributed by atoms with Gasteiger partial charge >= 0.3 is 5.69 Å². The fourth-order valence-electron chi connectivity index (χ4n) is 6.42. The van der Waals surface area contributed by atoms with Crippen LogP contribution in [0, 0.1) is 11.7 Å². The summed E-state index contributed by atoms with van der Waals surface area (Å²) in [6.07, 6.45) is 11.0. The Bertz CT molecular complexity index is 1730. The predicted molar refractivity (Wildman–Crippen MR) is 179 cm³/mol. The number of amidine groups is 1. The van der Waals surface area contributed by atoms with E-state index in [1.165, 1.54) is 23.0 Å². The molecular formula is C34H42ClFN8O. The molecule has 8 N–H and O–H groups in total. The number of benzene rings is 2. The van der Waals surface area contributed by atoms with Crippen molar-refractivity contribution >= 4 is 28.5 Å².